The summed E-state index contributed by atoms with van der Waals surface area (Å²) in [6.07, 6.45) is 4.22. The molecule has 0 aromatic heterocycles. The van der Waals surface area contributed by atoms with E-state index in [-0.39, 0.29) is 11.7 Å². The molecule has 0 fully saturated rings. The fraction of sp³-hybridized carbons (Fsp3) is 0.250. The van der Waals surface area contributed by atoms with Crippen molar-refractivity contribution in [3.05, 3.63) is 66.0 Å². The van der Waals surface area contributed by atoms with Gasteiger partial charge in [0.2, 0.25) is 5.91 Å². The standard InChI is InChI=1S/C20H23FN2OS/c1-23(2)14-5-15-25-19-7-4-3-6-18(19)22-20(24)13-10-16-8-11-17(21)12-9-16/h3-4,6-13H,5,14-15H2,1-2H3,(H,22,24)/b13-10+. The molecule has 3 nitrogen and oxygen atoms in total. The predicted molar refractivity (Wildman–Crippen MR) is 104 cm³/mol. The summed E-state index contributed by atoms with van der Waals surface area (Å²) in [5.41, 5.74) is 1.59. The molecular weight excluding hydrogens is 335 g/mol. The number of nitrogens with zero attached hydrogens (tertiary/aromatic N) is 1. The molecular formula is C20H23FN2OS. The Kier molecular flexibility index (Phi) is 7.70. The van der Waals surface area contributed by atoms with Gasteiger partial charge in [0.1, 0.15) is 5.82 Å². The van der Waals surface area contributed by atoms with Crippen molar-refractivity contribution >= 4 is 29.4 Å². The van der Waals surface area contributed by atoms with E-state index in [4.69, 9.17) is 0 Å². The van der Waals surface area contributed by atoms with Crippen molar-refractivity contribution in [3.8, 4) is 0 Å². The predicted octanol–water partition coefficient (Wildman–Crippen LogP) is 4.52. The minimum absolute atomic E-state index is 0.203. The van der Waals surface area contributed by atoms with Gasteiger partial charge in [-0.25, -0.2) is 4.39 Å². The first-order valence-electron chi connectivity index (χ1n) is 8.16. The zero-order valence-corrected chi connectivity index (χ0v) is 15.4. The Labute approximate surface area is 152 Å². The molecule has 2 aromatic rings. The van der Waals surface area contributed by atoms with Gasteiger partial charge in [-0.15, -0.1) is 11.8 Å². The number of anilines is 1. The SMILES string of the molecule is CN(C)CCCSc1ccccc1NC(=O)/C=C/c1ccc(F)cc1. The van der Waals surface area contributed by atoms with E-state index in [1.54, 1.807) is 30.0 Å². The van der Waals surface area contributed by atoms with E-state index in [1.807, 2.05) is 24.3 Å². The van der Waals surface area contributed by atoms with Gasteiger partial charge in [0, 0.05) is 11.0 Å². The van der Waals surface area contributed by atoms with Crippen LogP contribution in [0.4, 0.5) is 10.1 Å². The molecule has 0 heterocycles. The monoisotopic (exact) mass is 358 g/mol. The Morgan fingerprint density at radius 2 is 1.88 bits per heavy atom. The topological polar surface area (TPSA) is 32.3 Å². The van der Waals surface area contributed by atoms with Crippen LogP contribution in [0.5, 0.6) is 0 Å². The highest BCUT2D eigenvalue weighted by molar-refractivity contribution is 7.99. The van der Waals surface area contributed by atoms with Crippen molar-refractivity contribution in [3.63, 3.8) is 0 Å². The van der Waals surface area contributed by atoms with Crippen molar-refractivity contribution in [2.24, 2.45) is 0 Å². The van der Waals surface area contributed by atoms with Crippen LogP contribution in [-0.4, -0.2) is 37.2 Å². The second-order valence-corrected chi connectivity index (χ2v) is 7.01. The maximum absolute atomic E-state index is 12.9. The molecule has 1 amide bonds. The third-order valence-electron chi connectivity index (χ3n) is 3.45. The summed E-state index contributed by atoms with van der Waals surface area (Å²) in [4.78, 5) is 15.4. The van der Waals surface area contributed by atoms with E-state index < -0.39 is 0 Å². The third-order valence-corrected chi connectivity index (χ3v) is 4.61. The van der Waals surface area contributed by atoms with E-state index in [0.717, 1.165) is 34.9 Å². The van der Waals surface area contributed by atoms with Crippen LogP contribution in [0.1, 0.15) is 12.0 Å². The average molecular weight is 358 g/mol. The number of nitrogens with one attached hydrogen (secondary N) is 1. The molecule has 2 aromatic carbocycles. The van der Waals surface area contributed by atoms with Gasteiger partial charge in [-0.1, -0.05) is 24.3 Å². The summed E-state index contributed by atoms with van der Waals surface area (Å²) in [6.45, 7) is 1.04. The van der Waals surface area contributed by atoms with Gasteiger partial charge in [0.25, 0.3) is 0 Å². The Morgan fingerprint density at radius 1 is 1.16 bits per heavy atom. The number of para-hydroxylation sites is 1. The quantitative estimate of drug-likeness (QED) is 0.428. The van der Waals surface area contributed by atoms with Crippen LogP contribution < -0.4 is 5.32 Å². The zero-order chi connectivity index (χ0) is 18.1. The number of thioether (sulfide) groups is 1. The van der Waals surface area contributed by atoms with Crippen molar-refractivity contribution in [2.75, 3.05) is 31.7 Å². The van der Waals surface area contributed by atoms with E-state index in [0.29, 0.717) is 0 Å². The van der Waals surface area contributed by atoms with Gasteiger partial charge in [0.15, 0.2) is 0 Å². The third kappa shape index (κ3) is 7.11. The lowest BCUT2D eigenvalue weighted by Crippen LogP contribution is -2.13. The Balaban J connectivity index is 1.92. The summed E-state index contributed by atoms with van der Waals surface area (Å²) in [6, 6.07) is 13.8. The second-order valence-electron chi connectivity index (χ2n) is 5.88. The summed E-state index contributed by atoms with van der Waals surface area (Å²) in [5.74, 6) is 0.503. The fourth-order valence-corrected chi connectivity index (χ4v) is 3.12. The number of carbonyl (C=O) groups excluding carboxylic acids is 1. The number of amides is 1. The van der Waals surface area contributed by atoms with E-state index >= 15 is 0 Å². The van der Waals surface area contributed by atoms with E-state index in [1.165, 1.54) is 18.2 Å². The number of halogens is 1. The molecule has 5 heteroatoms. The number of rotatable bonds is 8. The molecule has 0 saturated heterocycles. The second kappa shape index (κ2) is 10.0. The lowest BCUT2D eigenvalue weighted by Gasteiger charge is -2.11. The maximum atomic E-state index is 12.9. The van der Waals surface area contributed by atoms with Crippen molar-refractivity contribution in [2.45, 2.75) is 11.3 Å². The van der Waals surface area contributed by atoms with Gasteiger partial charge >= 0.3 is 0 Å². The van der Waals surface area contributed by atoms with Crippen LogP contribution in [0.3, 0.4) is 0 Å². The van der Waals surface area contributed by atoms with E-state index in [9.17, 15) is 9.18 Å². The molecule has 0 aliphatic rings. The van der Waals surface area contributed by atoms with Gasteiger partial charge < -0.3 is 10.2 Å². The van der Waals surface area contributed by atoms with Gasteiger partial charge in [-0.2, -0.15) is 0 Å². The van der Waals surface area contributed by atoms with Crippen molar-refractivity contribution in [1.29, 1.82) is 0 Å². The molecule has 0 saturated carbocycles. The van der Waals surface area contributed by atoms with Crippen molar-refractivity contribution < 1.29 is 9.18 Å². The molecule has 25 heavy (non-hydrogen) atoms. The molecule has 2 rings (SSSR count). The molecule has 0 radical (unpaired) electrons. The van der Waals surface area contributed by atoms with Crippen LogP contribution in [-0.2, 0) is 4.79 Å². The van der Waals surface area contributed by atoms with Crippen LogP contribution in [0.2, 0.25) is 0 Å². The lowest BCUT2D eigenvalue weighted by molar-refractivity contribution is -0.111. The van der Waals surface area contributed by atoms with Gasteiger partial charge in [-0.05, 0) is 68.7 Å². The highest BCUT2D eigenvalue weighted by Gasteiger charge is 2.05. The minimum atomic E-state index is -0.290. The Morgan fingerprint density at radius 3 is 2.60 bits per heavy atom. The van der Waals surface area contributed by atoms with Gasteiger partial charge in [-0.3, -0.25) is 4.79 Å². The summed E-state index contributed by atoms with van der Waals surface area (Å²) in [7, 11) is 4.12. The van der Waals surface area contributed by atoms with Crippen LogP contribution in [0, 0.1) is 5.82 Å². The Bertz CT molecular complexity index is 714. The smallest absolute Gasteiger partial charge is 0.248 e. The fourth-order valence-electron chi connectivity index (χ4n) is 2.18. The van der Waals surface area contributed by atoms with Crippen LogP contribution >= 0.6 is 11.8 Å². The largest absolute Gasteiger partial charge is 0.321 e. The zero-order valence-electron chi connectivity index (χ0n) is 14.5. The number of benzene rings is 2. The van der Waals surface area contributed by atoms with Crippen LogP contribution in [0.15, 0.2) is 59.5 Å². The number of carbonyl (C=O) groups is 1. The molecule has 0 unspecified atom stereocenters. The highest BCUT2D eigenvalue weighted by Crippen LogP contribution is 2.27. The molecule has 132 valence electrons. The first-order chi connectivity index (χ1) is 12.0. The molecule has 0 atom stereocenters. The first-order valence-corrected chi connectivity index (χ1v) is 9.14. The Hall–Kier alpha value is -2.11. The highest BCUT2D eigenvalue weighted by atomic mass is 32.2. The minimum Gasteiger partial charge on any atom is -0.321 e. The number of hydrogen-bond donors (Lipinski definition) is 1. The molecule has 1 N–H and O–H groups in total. The number of hydrogen-bond acceptors (Lipinski definition) is 3. The molecule has 0 spiro atoms. The maximum Gasteiger partial charge on any atom is 0.248 e. The first kappa shape index (κ1) is 19.2. The lowest BCUT2D eigenvalue weighted by atomic mass is 10.2. The average Bonchev–Trinajstić information content (AvgIpc) is 2.59. The van der Waals surface area contributed by atoms with Gasteiger partial charge in [0.05, 0.1) is 5.69 Å². The van der Waals surface area contributed by atoms with Crippen molar-refractivity contribution in [1.82, 2.24) is 4.90 Å². The molecule has 0 aliphatic heterocycles. The summed E-state index contributed by atoms with van der Waals surface area (Å²) in [5, 5.41) is 2.91. The summed E-state index contributed by atoms with van der Waals surface area (Å²) >= 11 is 1.74. The molecule has 0 aliphatic carbocycles. The summed E-state index contributed by atoms with van der Waals surface area (Å²) < 4.78 is 12.9. The van der Waals surface area contributed by atoms with E-state index in [2.05, 4.69) is 24.3 Å². The normalized spacial score (nSPS) is 11.2. The van der Waals surface area contributed by atoms with Crippen LogP contribution in [0.25, 0.3) is 6.08 Å². The molecule has 0 bridgehead atoms.